The maximum Gasteiger partial charge on any atom is 0.336 e. The fraction of sp³-hybridized carbons (Fsp3) is 0.357. The van der Waals surface area contributed by atoms with Crippen LogP contribution >= 0.6 is 15.9 Å². The quantitative estimate of drug-likeness (QED) is 0.463. The number of carbonyl (C=O) groups excluding carboxylic acids is 2. The second kappa shape index (κ2) is 10.9. The number of halogens is 1. The van der Waals surface area contributed by atoms with E-state index in [0.717, 1.165) is 11.3 Å². The van der Waals surface area contributed by atoms with Gasteiger partial charge in [-0.05, 0) is 54.7 Å². The molecule has 0 aromatic heterocycles. The Kier molecular flexibility index (Phi) is 7.82. The van der Waals surface area contributed by atoms with Crippen LogP contribution in [0.2, 0.25) is 0 Å². The third kappa shape index (κ3) is 4.80. The van der Waals surface area contributed by atoms with Gasteiger partial charge < -0.3 is 29.0 Å². The molecule has 0 bridgehead atoms. The van der Waals surface area contributed by atoms with Gasteiger partial charge in [-0.3, -0.25) is 4.79 Å². The van der Waals surface area contributed by atoms with Crippen LogP contribution in [0.1, 0.15) is 42.7 Å². The molecular weight excluding hydrogens is 542 g/mol. The van der Waals surface area contributed by atoms with Crippen molar-refractivity contribution in [3.05, 3.63) is 68.5 Å². The van der Waals surface area contributed by atoms with Gasteiger partial charge in [-0.25, -0.2) is 4.79 Å². The Hall–Kier alpha value is -3.46. The van der Waals surface area contributed by atoms with Crippen LogP contribution < -0.4 is 24.3 Å². The first-order chi connectivity index (χ1) is 17.8. The number of dihydropyridines is 1. The standard InChI is InChI=1S/C28H30BrNO7/c1-14-25(28(32)37-6)26(17-12-23(35-4)24(36-5)13-18(17)29)27-19(30-14)9-16(10-20(27)31)15-7-8-21(33-2)22(11-15)34-3/h7-8,11-13,16,26,30H,9-10H2,1-6H3/t16-,26-/m1/s1. The molecule has 0 amide bonds. The number of carbonyl (C=O) groups is 2. The highest BCUT2D eigenvalue weighted by molar-refractivity contribution is 9.10. The normalized spacial score (nSPS) is 19.2. The van der Waals surface area contributed by atoms with Gasteiger partial charge in [-0.15, -0.1) is 0 Å². The van der Waals surface area contributed by atoms with E-state index in [4.69, 9.17) is 23.7 Å². The third-order valence-corrected chi connectivity index (χ3v) is 7.61. The minimum Gasteiger partial charge on any atom is -0.493 e. The number of ether oxygens (including phenoxy) is 5. The lowest BCUT2D eigenvalue weighted by Crippen LogP contribution is -2.36. The first-order valence-corrected chi connectivity index (χ1v) is 12.5. The lowest BCUT2D eigenvalue weighted by molar-refractivity contribution is -0.136. The van der Waals surface area contributed by atoms with Crippen LogP contribution in [-0.4, -0.2) is 47.3 Å². The van der Waals surface area contributed by atoms with E-state index in [1.165, 1.54) is 7.11 Å². The Morgan fingerprint density at radius 2 is 1.51 bits per heavy atom. The SMILES string of the molecule is COC(=O)C1=C(C)NC2=C(C(=O)C[C@H](c3ccc(OC)c(OC)c3)C2)[C@@H]1c1cc(OC)c(OC)cc1Br. The molecule has 2 aliphatic rings. The summed E-state index contributed by atoms with van der Waals surface area (Å²) in [7, 11) is 7.61. The second-order valence-corrected chi connectivity index (χ2v) is 9.71. The molecule has 37 heavy (non-hydrogen) atoms. The smallest absolute Gasteiger partial charge is 0.336 e. The van der Waals surface area contributed by atoms with Crippen molar-refractivity contribution in [1.82, 2.24) is 5.32 Å². The lowest BCUT2D eigenvalue weighted by atomic mass is 9.71. The molecule has 2 aromatic carbocycles. The largest absolute Gasteiger partial charge is 0.493 e. The first-order valence-electron chi connectivity index (χ1n) is 11.7. The summed E-state index contributed by atoms with van der Waals surface area (Å²) in [5.41, 5.74) is 4.04. The minimum atomic E-state index is -0.642. The molecule has 1 heterocycles. The van der Waals surface area contributed by atoms with Gasteiger partial charge in [0.2, 0.25) is 0 Å². The molecule has 2 atom stereocenters. The summed E-state index contributed by atoms with van der Waals surface area (Å²) in [6, 6.07) is 9.30. The number of hydrogen-bond donors (Lipinski definition) is 1. The molecule has 0 saturated carbocycles. The van der Waals surface area contributed by atoms with Crippen LogP contribution in [0.5, 0.6) is 23.0 Å². The zero-order valence-corrected chi connectivity index (χ0v) is 23.3. The van der Waals surface area contributed by atoms with E-state index >= 15 is 0 Å². The number of Topliss-reactive ketones (excluding diaryl/α,β-unsaturated/α-hetero) is 1. The van der Waals surface area contributed by atoms with Gasteiger partial charge in [-0.2, -0.15) is 0 Å². The van der Waals surface area contributed by atoms with Gasteiger partial charge in [0.1, 0.15) is 0 Å². The van der Waals surface area contributed by atoms with E-state index in [9.17, 15) is 9.59 Å². The summed E-state index contributed by atoms with van der Waals surface area (Å²) in [4.78, 5) is 26.8. The highest BCUT2D eigenvalue weighted by Gasteiger charge is 2.42. The summed E-state index contributed by atoms with van der Waals surface area (Å²) in [6.07, 6.45) is 0.870. The molecule has 9 heteroatoms. The Labute approximate surface area is 224 Å². The number of esters is 1. The number of hydrogen-bond acceptors (Lipinski definition) is 8. The molecule has 196 valence electrons. The summed E-state index contributed by atoms with van der Waals surface area (Å²) >= 11 is 3.63. The number of nitrogens with one attached hydrogen (secondary N) is 1. The van der Waals surface area contributed by atoms with E-state index in [-0.39, 0.29) is 18.1 Å². The van der Waals surface area contributed by atoms with Crippen LogP contribution in [-0.2, 0) is 14.3 Å². The Balaban J connectivity index is 1.84. The number of methoxy groups -OCH3 is 5. The molecule has 8 nitrogen and oxygen atoms in total. The topological polar surface area (TPSA) is 92.3 Å². The van der Waals surface area contributed by atoms with E-state index in [1.54, 1.807) is 40.6 Å². The van der Waals surface area contributed by atoms with Crippen molar-refractivity contribution in [3.63, 3.8) is 0 Å². The van der Waals surface area contributed by atoms with Gasteiger partial charge >= 0.3 is 5.97 Å². The zero-order valence-electron chi connectivity index (χ0n) is 21.7. The Morgan fingerprint density at radius 1 is 0.892 bits per heavy atom. The highest BCUT2D eigenvalue weighted by Crippen LogP contribution is 2.49. The maximum atomic E-state index is 13.8. The zero-order chi connectivity index (χ0) is 26.9. The number of benzene rings is 2. The molecule has 1 aliphatic heterocycles. The predicted octanol–water partition coefficient (Wildman–Crippen LogP) is 5.02. The monoisotopic (exact) mass is 571 g/mol. The predicted molar refractivity (Wildman–Crippen MR) is 141 cm³/mol. The maximum absolute atomic E-state index is 13.8. The molecule has 0 fully saturated rings. The van der Waals surface area contributed by atoms with Gasteiger partial charge in [0.25, 0.3) is 0 Å². The van der Waals surface area contributed by atoms with Crippen molar-refractivity contribution in [2.45, 2.75) is 31.6 Å². The van der Waals surface area contributed by atoms with Crippen molar-refractivity contribution in [3.8, 4) is 23.0 Å². The summed E-state index contributed by atoms with van der Waals surface area (Å²) in [5.74, 6) is 1.01. The van der Waals surface area contributed by atoms with E-state index in [0.29, 0.717) is 56.3 Å². The van der Waals surface area contributed by atoms with Crippen molar-refractivity contribution >= 4 is 27.7 Å². The molecule has 1 aliphatic carbocycles. The Morgan fingerprint density at radius 3 is 2.14 bits per heavy atom. The van der Waals surface area contributed by atoms with Crippen LogP contribution in [0, 0.1) is 0 Å². The molecule has 0 spiro atoms. The molecule has 0 unspecified atom stereocenters. The minimum absolute atomic E-state index is 0.0471. The van der Waals surface area contributed by atoms with Gasteiger partial charge in [-0.1, -0.05) is 22.0 Å². The summed E-state index contributed by atoms with van der Waals surface area (Å²) in [5, 5.41) is 3.35. The van der Waals surface area contributed by atoms with Crippen molar-refractivity contribution in [2.75, 3.05) is 35.5 Å². The average Bonchev–Trinajstić information content (AvgIpc) is 2.91. The van der Waals surface area contributed by atoms with E-state index in [1.807, 2.05) is 25.1 Å². The van der Waals surface area contributed by atoms with E-state index in [2.05, 4.69) is 21.2 Å². The van der Waals surface area contributed by atoms with Crippen LogP contribution in [0.4, 0.5) is 0 Å². The molecule has 4 rings (SSSR count). The van der Waals surface area contributed by atoms with Crippen LogP contribution in [0.3, 0.4) is 0 Å². The Bertz CT molecular complexity index is 1310. The fourth-order valence-electron chi connectivity index (χ4n) is 5.16. The van der Waals surface area contributed by atoms with E-state index < -0.39 is 11.9 Å². The van der Waals surface area contributed by atoms with Gasteiger partial charge in [0.05, 0.1) is 41.1 Å². The summed E-state index contributed by atoms with van der Waals surface area (Å²) in [6.45, 7) is 1.82. The third-order valence-electron chi connectivity index (χ3n) is 6.93. The number of rotatable bonds is 7. The van der Waals surface area contributed by atoms with Crippen molar-refractivity contribution in [1.29, 1.82) is 0 Å². The first kappa shape index (κ1) is 26.6. The number of ketones is 1. The molecule has 1 N–H and O–H groups in total. The molecule has 0 radical (unpaired) electrons. The lowest BCUT2D eigenvalue weighted by Gasteiger charge is -2.37. The summed E-state index contributed by atoms with van der Waals surface area (Å²) < 4.78 is 27.6. The van der Waals surface area contributed by atoms with Crippen LogP contribution in [0.25, 0.3) is 0 Å². The van der Waals surface area contributed by atoms with Crippen molar-refractivity contribution < 1.29 is 33.3 Å². The molecule has 2 aromatic rings. The van der Waals surface area contributed by atoms with Gasteiger partial charge in [0.15, 0.2) is 28.8 Å². The van der Waals surface area contributed by atoms with Gasteiger partial charge in [0, 0.05) is 33.8 Å². The molecule has 0 saturated heterocycles. The second-order valence-electron chi connectivity index (χ2n) is 8.85. The highest BCUT2D eigenvalue weighted by atomic mass is 79.9. The molecular formula is C28H30BrNO7. The number of allylic oxidation sites excluding steroid dienone is 3. The van der Waals surface area contributed by atoms with Crippen molar-refractivity contribution in [2.24, 2.45) is 0 Å². The van der Waals surface area contributed by atoms with Crippen LogP contribution in [0.15, 0.2) is 57.3 Å². The fourth-order valence-corrected chi connectivity index (χ4v) is 5.72. The average molecular weight is 572 g/mol.